The van der Waals surface area contributed by atoms with Gasteiger partial charge in [0.15, 0.2) is 0 Å². The lowest BCUT2D eigenvalue weighted by Crippen LogP contribution is -2.00. The van der Waals surface area contributed by atoms with E-state index in [1.54, 1.807) is 12.3 Å². The molecule has 0 unspecified atom stereocenters. The van der Waals surface area contributed by atoms with Crippen molar-refractivity contribution in [3.05, 3.63) is 53.9 Å². The molecule has 0 amide bonds. The second-order valence-corrected chi connectivity index (χ2v) is 4.75. The standard InChI is InChI=1S/C15H15F2N/c1-10(2)6-15-14(4-3-5-18-15)11-7-12(16)9-13(17)8-11/h3-5,7-10H,6H2,1-2H3. The molecule has 1 aromatic heterocycles. The number of halogens is 2. The fourth-order valence-corrected chi connectivity index (χ4v) is 1.96. The smallest absolute Gasteiger partial charge is 0.126 e. The molecule has 2 rings (SSSR count). The largest absolute Gasteiger partial charge is 0.261 e. The second-order valence-electron chi connectivity index (χ2n) is 4.75. The van der Waals surface area contributed by atoms with Crippen molar-refractivity contribution < 1.29 is 8.78 Å². The van der Waals surface area contributed by atoms with Gasteiger partial charge in [0.25, 0.3) is 0 Å². The Morgan fingerprint density at radius 2 is 1.78 bits per heavy atom. The predicted molar refractivity (Wildman–Crippen MR) is 68.1 cm³/mol. The Labute approximate surface area is 105 Å². The topological polar surface area (TPSA) is 12.9 Å². The molecule has 2 aromatic rings. The molecule has 1 heterocycles. The van der Waals surface area contributed by atoms with Crippen LogP contribution in [0.4, 0.5) is 8.78 Å². The molecule has 3 heteroatoms. The van der Waals surface area contributed by atoms with E-state index < -0.39 is 11.6 Å². The molecule has 0 fully saturated rings. The van der Waals surface area contributed by atoms with E-state index in [-0.39, 0.29) is 0 Å². The summed E-state index contributed by atoms with van der Waals surface area (Å²) in [5.74, 6) is -0.689. The molecule has 0 aliphatic carbocycles. The molecule has 1 nitrogen and oxygen atoms in total. The number of hydrogen-bond acceptors (Lipinski definition) is 1. The van der Waals surface area contributed by atoms with Crippen molar-refractivity contribution in [1.29, 1.82) is 0 Å². The van der Waals surface area contributed by atoms with Crippen LogP contribution in [0.1, 0.15) is 19.5 Å². The summed E-state index contributed by atoms with van der Waals surface area (Å²) in [6.45, 7) is 4.18. The fourth-order valence-electron chi connectivity index (χ4n) is 1.96. The summed E-state index contributed by atoms with van der Waals surface area (Å²) in [4.78, 5) is 4.31. The van der Waals surface area contributed by atoms with Crippen LogP contribution in [-0.2, 0) is 6.42 Å². The van der Waals surface area contributed by atoms with Gasteiger partial charge in [-0.25, -0.2) is 8.78 Å². The molecule has 0 spiro atoms. The van der Waals surface area contributed by atoms with E-state index >= 15 is 0 Å². The van der Waals surface area contributed by atoms with Crippen LogP contribution in [0.25, 0.3) is 11.1 Å². The zero-order valence-electron chi connectivity index (χ0n) is 10.5. The molecule has 0 N–H and O–H groups in total. The first-order valence-corrected chi connectivity index (χ1v) is 5.96. The molecule has 0 radical (unpaired) electrons. The highest BCUT2D eigenvalue weighted by Crippen LogP contribution is 2.25. The quantitative estimate of drug-likeness (QED) is 0.791. The molecule has 94 valence electrons. The van der Waals surface area contributed by atoms with Crippen LogP contribution in [-0.4, -0.2) is 4.98 Å². The van der Waals surface area contributed by atoms with Crippen LogP contribution in [0, 0.1) is 17.6 Å². The van der Waals surface area contributed by atoms with E-state index in [4.69, 9.17) is 0 Å². The zero-order valence-corrected chi connectivity index (χ0v) is 10.5. The van der Waals surface area contributed by atoms with E-state index in [1.165, 1.54) is 12.1 Å². The minimum atomic E-state index is -0.565. The lowest BCUT2D eigenvalue weighted by molar-refractivity contribution is 0.584. The summed E-state index contributed by atoms with van der Waals surface area (Å²) in [6, 6.07) is 7.18. The van der Waals surface area contributed by atoms with Crippen LogP contribution in [0.5, 0.6) is 0 Å². The maximum atomic E-state index is 13.2. The van der Waals surface area contributed by atoms with Crippen molar-refractivity contribution >= 4 is 0 Å². The van der Waals surface area contributed by atoms with E-state index in [9.17, 15) is 8.78 Å². The molecule has 1 aromatic carbocycles. The summed E-state index contributed by atoms with van der Waals surface area (Å²) < 4.78 is 26.5. The van der Waals surface area contributed by atoms with Crippen LogP contribution < -0.4 is 0 Å². The monoisotopic (exact) mass is 247 g/mol. The maximum Gasteiger partial charge on any atom is 0.126 e. The minimum absolute atomic E-state index is 0.442. The first-order chi connectivity index (χ1) is 8.56. The third-order valence-corrected chi connectivity index (χ3v) is 2.67. The highest BCUT2D eigenvalue weighted by atomic mass is 19.1. The normalized spacial score (nSPS) is 10.9. The zero-order chi connectivity index (χ0) is 13.1. The summed E-state index contributed by atoms with van der Waals surface area (Å²) in [5.41, 5.74) is 2.21. The maximum absolute atomic E-state index is 13.2. The molecular formula is C15H15F2N. The Morgan fingerprint density at radius 1 is 1.11 bits per heavy atom. The van der Waals surface area contributed by atoms with Crippen molar-refractivity contribution in [3.63, 3.8) is 0 Å². The van der Waals surface area contributed by atoms with Crippen LogP contribution in [0.2, 0.25) is 0 Å². The average molecular weight is 247 g/mol. The molecule has 0 aliphatic heterocycles. The van der Waals surface area contributed by atoms with Crippen LogP contribution >= 0.6 is 0 Å². The Hall–Kier alpha value is -1.77. The molecule has 0 atom stereocenters. The van der Waals surface area contributed by atoms with Gasteiger partial charge in [-0.15, -0.1) is 0 Å². The number of aromatic nitrogens is 1. The fraction of sp³-hybridized carbons (Fsp3) is 0.267. The summed E-state index contributed by atoms with van der Waals surface area (Å²) in [6.07, 6.45) is 2.49. The number of nitrogens with zero attached hydrogens (tertiary/aromatic N) is 1. The third-order valence-electron chi connectivity index (χ3n) is 2.67. The van der Waals surface area contributed by atoms with Gasteiger partial charge in [-0.05, 0) is 36.1 Å². The summed E-state index contributed by atoms with van der Waals surface area (Å²) in [7, 11) is 0. The number of benzene rings is 1. The molecule has 0 saturated carbocycles. The molecule has 0 bridgehead atoms. The molecule has 0 saturated heterocycles. The Kier molecular flexibility index (Phi) is 3.70. The van der Waals surface area contributed by atoms with E-state index in [2.05, 4.69) is 18.8 Å². The van der Waals surface area contributed by atoms with E-state index in [0.717, 1.165) is 23.7 Å². The molecule has 0 aliphatic rings. The lowest BCUT2D eigenvalue weighted by Gasteiger charge is -2.10. The number of pyridine rings is 1. The van der Waals surface area contributed by atoms with Gasteiger partial charge in [0.1, 0.15) is 11.6 Å². The van der Waals surface area contributed by atoms with Crippen molar-refractivity contribution in [2.75, 3.05) is 0 Å². The predicted octanol–water partition coefficient (Wildman–Crippen LogP) is 4.23. The highest BCUT2D eigenvalue weighted by molar-refractivity contribution is 5.65. The van der Waals surface area contributed by atoms with Gasteiger partial charge in [-0.1, -0.05) is 19.9 Å². The first kappa shape index (κ1) is 12.7. The summed E-state index contributed by atoms with van der Waals surface area (Å²) >= 11 is 0. The van der Waals surface area contributed by atoms with Gasteiger partial charge < -0.3 is 0 Å². The average Bonchev–Trinajstić information content (AvgIpc) is 2.27. The second kappa shape index (κ2) is 5.25. The van der Waals surface area contributed by atoms with Crippen LogP contribution in [0.15, 0.2) is 36.5 Å². The Bertz CT molecular complexity index is 530. The Balaban J connectivity index is 2.49. The Morgan fingerprint density at radius 3 is 2.39 bits per heavy atom. The van der Waals surface area contributed by atoms with Gasteiger partial charge in [-0.2, -0.15) is 0 Å². The molecule has 18 heavy (non-hydrogen) atoms. The SMILES string of the molecule is CC(C)Cc1ncccc1-c1cc(F)cc(F)c1. The van der Waals surface area contributed by atoms with E-state index in [1.807, 2.05) is 6.07 Å². The third kappa shape index (κ3) is 2.92. The number of rotatable bonds is 3. The van der Waals surface area contributed by atoms with E-state index in [0.29, 0.717) is 11.5 Å². The lowest BCUT2D eigenvalue weighted by atomic mass is 9.98. The van der Waals surface area contributed by atoms with Crippen molar-refractivity contribution in [3.8, 4) is 11.1 Å². The van der Waals surface area contributed by atoms with Gasteiger partial charge in [-0.3, -0.25) is 4.98 Å². The summed E-state index contributed by atoms with van der Waals surface area (Å²) in [5, 5.41) is 0. The minimum Gasteiger partial charge on any atom is -0.261 e. The van der Waals surface area contributed by atoms with Gasteiger partial charge >= 0.3 is 0 Å². The van der Waals surface area contributed by atoms with Crippen molar-refractivity contribution in [2.45, 2.75) is 20.3 Å². The van der Waals surface area contributed by atoms with Crippen LogP contribution in [0.3, 0.4) is 0 Å². The van der Waals surface area contributed by atoms with Gasteiger partial charge in [0.05, 0.1) is 0 Å². The van der Waals surface area contributed by atoms with Gasteiger partial charge in [0, 0.05) is 23.5 Å². The number of hydrogen-bond donors (Lipinski definition) is 0. The van der Waals surface area contributed by atoms with Crippen molar-refractivity contribution in [2.24, 2.45) is 5.92 Å². The van der Waals surface area contributed by atoms with Gasteiger partial charge in [0.2, 0.25) is 0 Å². The van der Waals surface area contributed by atoms with Crippen molar-refractivity contribution in [1.82, 2.24) is 4.98 Å². The highest BCUT2D eigenvalue weighted by Gasteiger charge is 2.10. The first-order valence-electron chi connectivity index (χ1n) is 5.96. The molecular weight excluding hydrogens is 232 g/mol.